The molecule has 0 bridgehead atoms. The number of halogens is 3. The topological polar surface area (TPSA) is 61.8 Å². The fourth-order valence-electron chi connectivity index (χ4n) is 3.36. The molecule has 1 aliphatic rings. The second kappa shape index (κ2) is 11.0. The molecule has 3 rings (SSSR count). The highest BCUT2D eigenvalue weighted by molar-refractivity contribution is 5.80. The maximum absolute atomic E-state index is 12.6. The second-order valence-electron chi connectivity index (χ2n) is 7.43. The number of aromatic nitrogens is 1. The van der Waals surface area contributed by atoms with Crippen LogP contribution in [0.5, 0.6) is 5.75 Å². The molecule has 0 saturated carbocycles. The largest absolute Gasteiger partial charge is 0.487 e. The predicted octanol–water partition coefficient (Wildman–Crippen LogP) is 3.35. The predicted molar refractivity (Wildman–Crippen MR) is 114 cm³/mol. The lowest BCUT2D eigenvalue weighted by Gasteiger charge is -2.19. The molecular formula is C22H28F3N5O. The highest BCUT2D eigenvalue weighted by atomic mass is 19.4. The first-order valence-corrected chi connectivity index (χ1v) is 10.4. The number of likely N-dealkylation sites (tertiary alicyclic amines) is 1. The van der Waals surface area contributed by atoms with Crippen molar-refractivity contribution in [1.82, 2.24) is 20.5 Å². The van der Waals surface area contributed by atoms with E-state index in [-0.39, 0.29) is 6.04 Å². The number of hydrogen-bond donors (Lipinski definition) is 2. The van der Waals surface area contributed by atoms with E-state index in [0.717, 1.165) is 17.0 Å². The lowest BCUT2D eigenvalue weighted by atomic mass is 10.2. The number of hydrogen-bond acceptors (Lipinski definition) is 4. The Balaban J connectivity index is 1.49. The fourth-order valence-corrected chi connectivity index (χ4v) is 3.36. The molecule has 0 aliphatic carbocycles. The van der Waals surface area contributed by atoms with E-state index in [1.807, 2.05) is 49.4 Å². The molecule has 6 nitrogen and oxygen atoms in total. The van der Waals surface area contributed by atoms with Crippen molar-refractivity contribution in [3.63, 3.8) is 0 Å². The van der Waals surface area contributed by atoms with Gasteiger partial charge in [0.25, 0.3) is 0 Å². The van der Waals surface area contributed by atoms with Crippen molar-refractivity contribution in [2.24, 2.45) is 4.99 Å². The summed E-state index contributed by atoms with van der Waals surface area (Å²) in [4.78, 5) is 10.2. The van der Waals surface area contributed by atoms with E-state index in [1.165, 1.54) is 4.90 Å². The SMILES string of the molecule is CCNC(=NCc1ccc(OCc2ccccn2)cc1)NC1CCN(CC(F)(F)F)C1. The second-order valence-corrected chi connectivity index (χ2v) is 7.43. The van der Waals surface area contributed by atoms with Crippen LogP contribution in [0.4, 0.5) is 13.2 Å². The summed E-state index contributed by atoms with van der Waals surface area (Å²) in [6, 6.07) is 13.3. The van der Waals surface area contributed by atoms with Crippen LogP contribution in [0.25, 0.3) is 0 Å². The van der Waals surface area contributed by atoms with Crippen molar-refractivity contribution in [3.8, 4) is 5.75 Å². The number of pyridine rings is 1. The zero-order valence-electron chi connectivity index (χ0n) is 17.5. The maximum Gasteiger partial charge on any atom is 0.401 e. The van der Waals surface area contributed by atoms with Crippen LogP contribution in [0.2, 0.25) is 0 Å². The zero-order valence-corrected chi connectivity index (χ0v) is 17.5. The lowest BCUT2D eigenvalue weighted by Crippen LogP contribution is -2.45. The first-order chi connectivity index (χ1) is 14.9. The standard InChI is InChI=1S/C22H28F3N5O/c1-2-26-21(29-18-10-12-30(14-18)16-22(23,24)25)28-13-17-6-8-20(9-7-17)31-15-19-5-3-4-11-27-19/h3-9,11,18H,2,10,12-16H2,1H3,(H2,26,28,29). The van der Waals surface area contributed by atoms with Crippen molar-refractivity contribution >= 4 is 5.96 Å². The van der Waals surface area contributed by atoms with E-state index < -0.39 is 12.7 Å². The van der Waals surface area contributed by atoms with Crippen LogP contribution in [0.1, 0.15) is 24.6 Å². The average Bonchev–Trinajstić information content (AvgIpc) is 3.17. The summed E-state index contributed by atoms with van der Waals surface area (Å²) >= 11 is 0. The Labute approximate surface area is 180 Å². The molecule has 1 unspecified atom stereocenters. The number of nitrogens with one attached hydrogen (secondary N) is 2. The van der Waals surface area contributed by atoms with Crippen molar-refractivity contribution in [2.45, 2.75) is 38.7 Å². The molecule has 0 spiro atoms. The third-order valence-electron chi connectivity index (χ3n) is 4.82. The first kappa shape index (κ1) is 22.9. The van der Waals surface area contributed by atoms with Gasteiger partial charge in [-0.1, -0.05) is 18.2 Å². The molecule has 1 atom stereocenters. The molecule has 168 valence electrons. The first-order valence-electron chi connectivity index (χ1n) is 10.4. The van der Waals surface area contributed by atoms with Gasteiger partial charge >= 0.3 is 6.18 Å². The Morgan fingerprint density at radius 1 is 1.23 bits per heavy atom. The van der Waals surface area contributed by atoms with Crippen molar-refractivity contribution in [2.75, 3.05) is 26.2 Å². The molecule has 0 amide bonds. The van der Waals surface area contributed by atoms with E-state index in [4.69, 9.17) is 4.74 Å². The van der Waals surface area contributed by atoms with Gasteiger partial charge < -0.3 is 15.4 Å². The van der Waals surface area contributed by atoms with Gasteiger partial charge in [0.05, 0.1) is 18.8 Å². The molecule has 2 N–H and O–H groups in total. The molecule has 2 heterocycles. The van der Waals surface area contributed by atoms with E-state index in [0.29, 0.717) is 45.2 Å². The van der Waals surface area contributed by atoms with Crippen molar-refractivity contribution < 1.29 is 17.9 Å². The van der Waals surface area contributed by atoms with Crippen LogP contribution >= 0.6 is 0 Å². The van der Waals surface area contributed by atoms with Gasteiger partial charge in [-0.05, 0) is 43.2 Å². The van der Waals surface area contributed by atoms with E-state index in [2.05, 4.69) is 20.6 Å². The third kappa shape index (κ3) is 8.09. The fraction of sp³-hybridized carbons (Fsp3) is 0.455. The minimum absolute atomic E-state index is 0.0532. The van der Waals surface area contributed by atoms with Gasteiger partial charge in [0.2, 0.25) is 0 Å². The van der Waals surface area contributed by atoms with Crippen molar-refractivity contribution in [3.05, 3.63) is 59.9 Å². The lowest BCUT2D eigenvalue weighted by molar-refractivity contribution is -0.143. The van der Waals surface area contributed by atoms with Crippen LogP contribution in [-0.2, 0) is 13.2 Å². The van der Waals surface area contributed by atoms with Gasteiger partial charge in [-0.3, -0.25) is 9.88 Å². The summed E-state index contributed by atoms with van der Waals surface area (Å²) in [7, 11) is 0. The van der Waals surface area contributed by atoms with Crippen LogP contribution < -0.4 is 15.4 Å². The smallest absolute Gasteiger partial charge is 0.401 e. The number of ether oxygens (including phenoxy) is 1. The number of nitrogens with zero attached hydrogens (tertiary/aromatic N) is 3. The van der Waals surface area contributed by atoms with E-state index in [9.17, 15) is 13.2 Å². The highest BCUT2D eigenvalue weighted by Crippen LogP contribution is 2.20. The maximum atomic E-state index is 12.6. The van der Waals surface area contributed by atoms with E-state index in [1.54, 1.807) is 6.20 Å². The van der Waals surface area contributed by atoms with Gasteiger partial charge in [0, 0.05) is 31.9 Å². The zero-order chi connectivity index (χ0) is 22.1. The molecule has 2 aromatic rings. The monoisotopic (exact) mass is 435 g/mol. The molecule has 31 heavy (non-hydrogen) atoms. The Bertz CT molecular complexity index is 827. The minimum atomic E-state index is -4.17. The van der Waals surface area contributed by atoms with Crippen molar-refractivity contribution in [1.29, 1.82) is 0 Å². The summed E-state index contributed by atoms with van der Waals surface area (Å²) in [5.41, 5.74) is 1.87. The molecule has 1 aromatic heterocycles. The van der Waals surface area contributed by atoms with Gasteiger partial charge in [0.1, 0.15) is 12.4 Å². The Morgan fingerprint density at radius 3 is 2.71 bits per heavy atom. The van der Waals surface area contributed by atoms with Crippen LogP contribution in [0.15, 0.2) is 53.7 Å². The number of rotatable bonds is 8. The summed E-state index contributed by atoms with van der Waals surface area (Å²) in [6.07, 6.45) is -1.78. The quantitative estimate of drug-likeness (QED) is 0.492. The summed E-state index contributed by atoms with van der Waals surface area (Å²) in [6.45, 7) is 3.39. The van der Waals surface area contributed by atoms with Crippen LogP contribution in [-0.4, -0.2) is 54.2 Å². The molecule has 1 fully saturated rings. The van der Waals surface area contributed by atoms with E-state index >= 15 is 0 Å². The van der Waals surface area contributed by atoms with Gasteiger partial charge in [0.15, 0.2) is 5.96 Å². The normalized spacial score (nSPS) is 17.5. The number of guanidine groups is 1. The van der Waals surface area contributed by atoms with Crippen LogP contribution in [0.3, 0.4) is 0 Å². The number of aliphatic imine (C=N–C) groups is 1. The van der Waals surface area contributed by atoms with Crippen LogP contribution in [0, 0.1) is 0 Å². The number of benzene rings is 1. The average molecular weight is 435 g/mol. The van der Waals surface area contributed by atoms with Gasteiger partial charge in [-0.2, -0.15) is 13.2 Å². The third-order valence-corrected chi connectivity index (χ3v) is 4.82. The molecule has 0 radical (unpaired) electrons. The Kier molecular flexibility index (Phi) is 8.11. The Morgan fingerprint density at radius 2 is 2.03 bits per heavy atom. The minimum Gasteiger partial charge on any atom is -0.487 e. The molecule has 9 heteroatoms. The molecular weight excluding hydrogens is 407 g/mol. The highest BCUT2D eigenvalue weighted by Gasteiger charge is 2.34. The summed E-state index contributed by atoms with van der Waals surface area (Å²) in [5, 5.41) is 6.41. The summed E-state index contributed by atoms with van der Waals surface area (Å²) in [5.74, 6) is 1.36. The Hall–Kier alpha value is -2.81. The molecule has 1 aromatic carbocycles. The molecule has 1 aliphatic heterocycles. The van der Waals surface area contributed by atoms with Gasteiger partial charge in [-0.15, -0.1) is 0 Å². The molecule has 1 saturated heterocycles. The van der Waals surface area contributed by atoms with Gasteiger partial charge in [-0.25, -0.2) is 4.99 Å². The number of alkyl halides is 3. The summed E-state index contributed by atoms with van der Waals surface area (Å²) < 4.78 is 43.5.